The van der Waals surface area contributed by atoms with Gasteiger partial charge in [0.2, 0.25) is 5.88 Å². The van der Waals surface area contributed by atoms with Crippen LogP contribution in [-0.2, 0) is 0 Å². The molecule has 1 aliphatic heterocycles. The highest BCUT2D eigenvalue weighted by atomic mass is 16.5. The van der Waals surface area contributed by atoms with Crippen LogP contribution in [0.5, 0.6) is 11.9 Å². The number of hydrogen-bond acceptors (Lipinski definition) is 8. The molecule has 1 fully saturated rings. The van der Waals surface area contributed by atoms with Gasteiger partial charge in [-0.25, -0.2) is 9.97 Å². The molecular weight excluding hydrogens is 370 g/mol. The Morgan fingerprint density at radius 3 is 2.93 bits per heavy atom. The Morgan fingerprint density at radius 2 is 2.07 bits per heavy atom. The van der Waals surface area contributed by atoms with E-state index in [1.165, 1.54) is 6.20 Å². The minimum Gasteiger partial charge on any atom is -0.479 e. The molecule has 9 nitrogen and oxygen atoms in total. The van der Waals surface area contributed by atoms with Gasteiger partial charge in [-0.3, -0.25) is 10.1 Å². The Balaban J connectivity index is 1.50. The Kier molecular flexibility index (Phi) is 4.49. The maximum absolute atomic E-state index is 9.57. The number of fused-ring (bicyclic) bond motifs is 1. The van der Waals surface area contributed by atoms with Gasteiger partial charge in [0.05, 0.1) is 23.6 Å². The number of nitrogens with one attached hydrogen (secondary N) is 2. The fourth-order valence-electron chi connectivity index (χ4n) is 3.49. The van der Waals surface area contributed by atoms with Crippen molar-refractivity contribution >= 4 is 10.9 Å². The van der Waals surface area contributed by atoms with E-state index in [0.717, 1.165) is 42.4 Å². The molecule has 1 atom stereocenters. The van der Waals surface area contributed by atoms with Crippen LogP contribution in [0, 0.1) is 0 Å². The Bertz CT molecular complexity index is 1150. The number of H-pyrrole nitrogens is 1. The van der Waals surface area contributed by atoms with Gasteiger partial charge >= 0.3 is 6.01 Å². The number of benzene rings is 1. The van der Waals surface area contributed by atoms with E-state index < -0.39 is 0 Å². The predicted octanol–water partition coefficient (Wildman–Crippen LogP) is 2.31. The number of piperidine rings is 1. The first-order chi connectivity index (χ1) is 14.3. The summed E-state index contributed by atoms with van der Waals surface area (Å²) in [6.07, 6.45) is 7.00. The van der Waals surface area contributed by atoms with E-state index in [1.54, 1.807) is 18.5 Å². The fraction of sp³-hybridized carbons (Fsp3) is 0.250. The van der Waals surface area contributed by atoms with Gasteiger partial charge in [0.1, 0.15) is 17.5 Å². The highest BCUT2D eigenvalue weighted by molar-refractivity contribution is 5.94. The van der Waals surface area contributed by atoms with Crippen molar-refractivity contribution in [2.24, 2.45) is 0 Å². The molecule has 3 N–H and O–H groups in total. The Hall–Kier alpha value is -3.59. The van der Waals surface area contributed by atoms with Gasteiger partial charge in [-0.1, -0.05) is 6.07 Å². The Labute approximate surface area is 166 Å². The van der Waals surface area contributed by atoms with Crippen molar-refractivity contribution < 1.29 is 9.84 Å². The molecule has 1 aromatic carbocycles. The van der Waals surface area contributed by atoms with E-state index in [2.05, 4.69) is 35.5 Å². The number of aromatic hydroxyl groups is 1. The number of rotatable bonds is 4. The van der Waals surface area contributed by atoms with E-state index in [0.29, 0.717) is 23.0 Å². The first-order valence-corrected chi connectivity index (χ1v) is 9.46. The van der Waals surface area contributed by atoms with Crippen molar-refractivity contribution in [1.29, 1.82) is 0 Å². The van der Waals surface area contributed by atoms with Crippen LogP contribution in [0.3, 0.4) is 0 Å². The van der Waals surface area contributed by atoms with Crippen molar-refractivity contribution in [3.05, 3.63) is 42.9 Å². The molecule has 4 heterocycles. The van der Waals surface area contributed by atoms with Crippen LogP contribution in [-0.4, -0.2) is 54.4 Å². The second kappa shape index (κ2) is 7.44. The minimum atomic E-state index is -0.261. The standard InChI is InChI=1S/C20H19N7O2/c28-20-23-7-5-15(25-20)12-3-4-16-14(8-12)19(27-26-16)17-10-22-11-18(24-17)29-13-2-1-6-21-9-13/h3-5,7-8,10-11,13,21H,1-2,6,9H2,(H,26,27)(H,23,25,28)/t13-/m1/s1. The van der Waals surface area contributed by atoms with Crippen LogP contribution in [0.1, 0.15) is 12.8 Å². The average molecular weight is 389 g/mol. The van der Waals surface area contributed by atoms with Gasteiger partial charge in [0, 0.05) is 23.7 Å². The normalized spacial score (nSPS) is 16.8. The number of ether oxygens (including phenoxy) is 1. The second-order valence-electron chi connectivity index (χ2n) is 6.90. The van der Waals surface area contributed by atoms with E-state index in [-0.39, 0.29) is 12.1 Å². The third-order valence-corrected chi connectivity index (χ3v) is 4.90. The highest BCUT2D eigenvalue weighted by Gasteiger charge is 2.17. The second-order valence-corrected chi connectivity index (χ2v) is 6.90. The fourth-order valence-corrected chi connectivity index (χ4v) is 3.49. The molecule has 146 valence electrons. The summed E-state index contributed by atoms with van der Waals surface area (Å²) in [6, 6.07) is 7.27. The lowest BCUT2D eigenvalue weighted by atomic mass is 10.1. The van der Waals surface area contributed by atoms with Crippen LogP contribution in [0.4, 0.5) is 0 Å². The molecular formula is C20H19N7O2. The summed E-state index contributed by atoms with van der Waals surface area (Å²) in [6.45, 7) is 1.84. The van der Waals surface area contributed by atoms with E-state index in [4.69, 9.17) is 4.74 Å². The maximum atomic E-state index is 9.57. The summed E-state index contributed by atoms with van der Waals surface area (Å²) in [5.41, 5.74) is 3.64. The molecule has 1 saturated heterocycles. The zero-order valence-electron chi connectivity index (χ0n) is 15.5. The van der Waals surface area contributed by atoms with E-state index in [9.17, 15) is 5.11 Å². The van der Waals surface area contributed by atoms with Crippen molar-refractivity contribution in [3.8, 4) is 34.5 Å². The van der Waals surface area contributed by atoms with Crippen LogP contribution in [0.25, 0.3) is 33.5 Å². The quantitative estimate of drug-likeness (QED) is 0.486. The molecule has 5 rings (SSSR count). The van der Waals surface area contributed by atoms with Gasteiger partial charge < -0.3 is 15.2 Å². The van der Waals surface area contributed by atoms with E-state index >= 15 is 0 Å². The minimum absolute atomic E-state index is 0.0984. The lowest BCUT2D eigenvalue weighted by molar-refractivity contribution is 0.160. The lowest BCUT2D eigenvalue weighted by Crippen LogP contribution is -2.37. The lowest BCUT2D eigenvalue weighted by Gasteiger charge is -2.23. The SMILES string of the molecule is Oc1nccc(-c2ccc3[nH]nc(-c4cncc(O[C@@H]5CCCNC5)n4)c3c2)n1. The van der Waals surface area contributed by atoms with Crippen molar-refractivity contribution in [1.82, 2.24) is 35.5 Å². The van der Waals surface area contributed by atoms with Gasteiger partial charge in [-0.15, -0.1) is 0 Å². The van der Waals surface area contributed by atoms with Crippen LogP contribution in [0.15, 0.2) is 42.9 Å². The molecule has 0 radical (unpaired) electrons. The van der Waals surface area contributed by atoms with Crippen molar-refractivity contribution in [3.63, 3.8) is 0 Å². The van der Waals surface area contributed by atoms with Crippen LogP contribution >= 0.6 is 0 Å². The zero-order chi connectivity index (χ0) is 19.6. The number of hydrogen-bond donors (Lipinski definition) is 3. The van der Waals surface area contributed by atoms with Crippen LogP contribution in [0.2, 0.25) is 0 Å². The van der Waals surface area contributed by atoms with Gasteiger partial charge in [0.15, 0.2) is 0 Å². The van der Waals surface area contributed by atoms with Gasteiger partial charge in [-0.2, -0.15) is 10.1 Å². The topological polar surface area (TPSA) is 122 Å². The summed E-state index contributed by atoms with van der Waals surface area (Å²) in [4.78, 5) is 16.7. The molecule has 1 aliphatic rings. The highest BCUT2D eigenvalue weighted by Crippen LogP contribution is 2.30. The third-order valence-electron chi connectivity index (χ3n) is 4.90. The molecule has 29 heavy (non-hydrogen) atoms. The smallest absolute Gasteiger partial charge is 0.314 e. The largest absolute Gasteiger partial charge is 0.479 e. The summed E-state index contributed by atoms with van der Waals surface area (Å²) < 4.78 is 5.99. The summed E-state index contributed by atoms with van der Waals surface area (Å²) >= 11 is 0. The maximum Gasteiger partial charge on any atom is 0.314 e. The third kappa shape index (κ3) is 3.59. The molecule has 3 aromatic heterocycles. The molecule has 0 saturated carbocycles. The van der Waals surface area contributed by atoms with Crippen LogP contribution < -0.4 is 10.1 Å². The number of nitrogens with zero attached hydrogens (tertiary/aromatic N) is 5. The van der Waals surface area contributed by atoms with Crippen molar-refractivity contribution in [2.75, 3.05) is 13.1 Å². The zero-order valence-corrected chi connectivity index (χ0v) is 15.5. The first-order valence-electron chi connectivity index (χ1n) is 9.46. The summed E-state index contributed by atoms with van der Waals surface area (Å²) in [5, 5.41) is 21.2. The predicted molar refractivity (Wildman–Crippen MR) is 106 cm³/mol. The van der Waals surface area contributed by atoms with Gasteiger partial charge in [-0.05, 0) is 37.6 Å². The molecule has 0 amide bonds. The molecule has 0 aliphatic carbocycles. The molecule has 4 aromatic rings. The molecule has 0 spiro atoms. The molecule has 9 heteroatoms. The van der Waals surface area contributed by atoms with Gasteiger partial charge in [0.25, 0.3) is 0 Å². The number of aromatic amines is 1. The summed E-state index contributed by atoms with van der Waals surface area (Å²) in [7, 11) is 0. The number of aromatic nitrogens is 6. The summed E-state index contributed by atoms with van der Waals surface area (Å²) in [5.74, 6) is 0.490. The van der Waals surface area contributed by atoms with Crippen molar-refractivity contribution in [2.45, 2.75) is 18.9 Å². The average Bonchev–Trinajstić information content (AvgIpc) is 3.18. The molecule has 0 unspecified atom stereocenters. The monoisotopic (exact) mass is 389 g/mol. The molecule has 0 bridgehead atoms. The van der Waals surface area contributed by atoms with E-state index in [1.807, 2.05) is 18.2 Å². The first kappa shape index (κ1) is 17.5. The Morgan fingerprint density at radius 1 is 1.10 bits per heavy atom.